The predicted octanol–water partition coefficient (Wildman–Crippen LogP) is 4.19. The van der Waals surface area contributed by atoms with Gasteiger partial charge in [0, 0.05) is 10.5 Å². The molecule has 0 aliphatic heterocycles. The second-order valence-electron chi connectivity index (χ2n) is 4.37. The Hall–Kier alpha value is -0.590. The number of rotatable bonds is 5. The highest BCUT2D eigenvalue weighted by Crippen LogP contribution is 2.31. The van der Waals surface area contributed by atoms with Crippen LogP contribution in [0, 0.1) is 0 Å². The van der Waals surface area contributed by atoms with E-state index in [0.717, 1.165) is 11.4 Å². The molecule has 3 unspecified atom stereocenters. The Morgan fingerprint density at radius 1 is 1.37 bits per heavy atom. The number of hydrogen-bond donors (Lipinski definition) is 1. The van der Waals surface area contributed by atoms with E-state index < -0.39 is 24.4 Å². The van der Waals surface area contributed by atoms with Gasteiger partial charge in [0.25, 0.3) is 0 Å². The fourth-order valence-electron chi connectivity index (χ4n) is 1.62. The van der Waals surface area contributed by atoms with Gasteiger partial charge in [-0.3, -0.25) is 0 Å². The minimum absolute atomic E-state index is 0.487. The smallest absolute Gasteiger partial charge is 0.360 e. The molecule has 2 N–H and O–H groups in total. The van der Waals surface area contributed by atoms with Crippen molar-refractivity contribution in [2.75, 3.05) is 0 Å². The maximum atomic E-state index is 12.6. The molecule has 2 nitrogen and oxygen atoms in total. The maximum Gasteiger partial charge on any atom is 0.414 e. The van der Waals surface area contributed by atoms with E-state index in [1.807, 2.05) is 6.92 Å². The van der Waals surface area contributed by atoms with E-state index in [0.29, 0.717) is 12.0 Å². The number of hydrogen-bond acceptors (Lipinski definition) is 2. The van der Waals surface area contributed by atoms with Crippen LogP contribution in [0.1, 0.15) is 31.9 Å². The Bertz CT molecular complexity index is 411. The highest BCUT2D eigenvalue weighted by atomic mass is 79.9. The van der Waals surface area contributed by atoms with Crippen molar-refractivity contribution in [3.8, 4) is 0 Å². The second kappa shape index (κ2) is 6.72. The van der Waals surface area contributed by atoms with E-state index in [9.17, 15) is 13.2 Å². The zero-order valence-electron chi connectivity index (χ0n) is 10.7. The lowest BCUT2D eigenvalue weighted by Gasteiger charge is -2.28. The molecule has 0 spiro atoms. The summed E-state index contributed by atoms with van der Waals surface area (Å²) in [6, 6.07) is 6.50. The van der Waals surface area contributed by atoms with Crippen molar-refractivity contribution in [3.05, 3.63) is 34.3 Å². The van der Waals surface area contributed by atoms with Gasteiger partial charge in [-0.25, -0.2) is 0 Å². The molecule has 1 aromatic rings. The highest BCUT2D eigenvalue weighted by molar-refractivity contribution is 9.10. The van der Waals surface area contributed by atoms with Crippen molar-refractivity contribution in [2.24, 2.45) is 5.73 Å². The average Bonchev–Trinajstić information content (AvgIpc) is 2.33. The van der Waals surface area contributed by atoms with Crippen LogP contribution in [0.4, 0.5) is 13.2 Å². The van der Waals surface area contributed by atoms with Gasteiger partial charge in [-0.15, -0.1) is 0 Å². The molecule has 3 atom stereocenters. The first-order valence-corrected chi connectivity index (χ1v) is 6.78. The van der Waals surface area contributed by atoms with Crippen LogP contribution >= 0.6 is 15.9 Å². The number of benzene rings is 1. The standard InChI is InChI=1S/C13H17BrF3NO/c1-3-11(18)12(19-8(2)13(15,16)17)9-5-4-6-10(14)7-9/h4-8,11-12H,3,18H2,1-2H3. The summed E-state index contributed by atoms with van der Waals surface area (Å²) in [6.45, 7) is 2.81. The van der Waals surface area contributed by atoms with Crippen LogP contribution in [-0.2, 0) is 4.74 Å². The molecule has 0 aliphatic carbocycles. The summed E-state index contributed by atoms with van der Waals surface area (Å²) in [5.74, 6) is 0. The summed E-state index contributed by atoms with van der Waals surface area (Å²) < 4.78 is 43.7. The lowest BCUT2D eigenvalue weighted by molar-refractivity contribution is -0.229. The maximum absolute atomic E-state index is 12.6. The van der Waals surface area contributed by atoms with Gasteiger partial charge in [-0.1, -0.05) is 35.0 Å². The van der Waals surface area contributed by atoms with E-state index in [1.165, 1.54) is 0 Å². The fraction of sp³-hybridized carbons (Fsp3) is 0.538. The van der Waals surface area contributed by atoms with Crippen LogP contribution in [0.25, 0.3) is 0 Å². The molecule has 0 bridgehead atoms. The normalized spacial score (nSPS) is 17.0. The monoisotopic (exact) mass is 339 g/mol. The molecule has 108 valence electrons. The number of nitrogens with two attached hydrogens (primary N) is 1. The Morgan fingerprint density at radius 2 is 2.00 bits per heavy atom. The minimum Gasteiger partial charge on any atom is -0.360 e. The lowest BCUT2D eigenvalue weighted by atomic mass is 10.0. The average molecular weight is 340 g/mol. The molecule has 0 aliphatic rings. The van der Waals surface area contributed by atoms with E-state index in [2.05, 4.69) is 15.9 Å². The Kier molecular flexibility index (Phi) is 5.82. The van der Waals surface area contributed by atoms with Crippen LogP contribution < -0.4 is 5.73 Å². The second-order valence-corrected chi connectivity index (χ2v) is 5.28. The van der Waals surface area contributed by atoms with Crippen molar-refractivity contribution < 1.29 is 17.9 Å². The zero-order valence-corrected chi connectivity index (χ0v) is 12.3. The molecule has 19 heavy (non-hydrogen) atoms. The fourth-order valence-corrected chi connectivity index (χ4v) is 2.04. The summed E-state index contributed by atoms with van der Waals surface area (Å²) in [5, 5.41) is 0. The van der Waals surface area contributed by atoms with Gasteiger partial charge in [-0.05, 0) is 31.0 Å². The Morgan fingerprint density at radius 3 is 2.47 bits per heavy atom. The van der Waals surface area contributed by atoms with Gasteiger partial charge >= 0.3 is 6.18 Å². The first-order chi connectivity index (χ1) is 8.75. The third-order valence-electron chi connectivity index (χ3n) is 2.85. The molecular formula is C13H17BrF3NO. The van der Waals surface area contributed by atoms with Crippen LogP contribution in [-0.4, -0.2) is 18.3 Å². The van der Waals surface area contributed by atoms with Crippen molar-refractivity contribution in [1.29, 1.82) is 0 Å². The molecule has 0 aromatic heterocycles. The molecule has 0 saturated heterocycles. The first-order valence-electron chi connectivity index (χ1n) is 5.99. The van der Waals surface area contributed by atoms with Crippen molar-refractivity contribution >= 4 is 15.9 Å². The quantitative estimate of drug-likeness (QED) is 0.872. The molecule has 0 fully saturated rings. The van der Waals surface area contributed by atoms with Crippen LogP contribution in [0.3, 0.4) is 0 Å². The van der Waals surface area contributed by atoms with Crippen LogP contribution in [0.2, 0.25) is 0 Å². The van der Waals surface area contributed by atoms with Gasteiger partial charge in [0.15, 0.2) is 6.10 Å². The lowest BCUT2D eigenvalue weighted by Crippen LogP contribution is -2.37. The van der Waals surface area contributed by atoms with Crippen molar-refractivity contribution in [2.45, 2.75) is 44.7 Å². The summed E-state index contributed by atoms with van der Waals surface area (Å²) in [6.07, 6.45) is -6.49. The van der Waals surface area contributed by atoms with Gasteiger partial charge in [-0.2, -0.15) is 13.2 Å². The highest BCUT2D eigenvalue weighted by Gasteiger charge is 2.39. The molecular weight excluding hydrogens is 323 g/mol. The van der Waals surface area contributed by atoms with Gasteiger partial charge < -0.3 is 10.5 Å². The minimum atomic E-state index is -4.39. The summed E-state index contributed by atoms with van der Waals surface area (Å²) in [7, 11) is 0. The third-order valence-corrected chi connectivity index (χ3v) is 3.34. The number of halogens is 4. The van der Waals surface area contributed by atoms with Crippen LogP contribution in [0.5, 0.6) is 0 Å². The Labute approximate surface area is 119 Å². The van der Waals surface area contributed by atoms with E-state index in [1.54, 1.807) is 24.3 Å². The third kappa shape index (κ3) is 4.78. The Balaban J connectivity index is 2.96. The summed E-state index contributed by atoms with van der Waals surface area (Å²) >= 11 is 3.29. The van der Waals surface area contributed by atoms with Crippen LogP contribution in [0.15, 0.2) is 28.7 Å². The predicted molar refractivity (Wildman–Crippen MR) is 71.8 cm³/mol. The zero-order chi connectivity index (χ0) is 14.6. The van der Waals surface area contributed by atoms with Gasteiger partial charge in [0.1, 0.15) is 0 Å². The SMILES string of the molecule is CCC(N)C(OC(C)C(F)(F)F)c1cccc(Br)c1. The van der Waals surface area contributed by atoms with E-state index >= 15 is 0 Å². The molecule has 1 aromatic carbocycles. The molecule has 0 amide bonds. The van der Waals surface area contributed by atoms with E-state index in [-0.39, 0.29) is 0 Å². The largest absolute Gasteiger partial charge is 0.414 e. The molecule has 6 heteroatoms. The van der Waals surface area contributed by atoms with Gasteiger partial charge in [0.05, 0.1) is 6.10 Å². The van der Waals surface area contributed by atoms with E-state index in [4.69, 9.17) is 10.5 Å². The molecule has 0 saturated carbocycles. The number of ether oxygens (including phenoxy) is 1. The topological polar surface area (TPSA) is 35.2 Å². The van der Waals surface area contributed by atoms with Crippen molar-refractivity contribution in [3.63, 3.8) is 0 Å². The first kappa shape index (κ1) is 16.5. The molecule has 1 rings (SSSR count). The molecule has 0 radical (unpaired) electrons. The summed E-state index contributed by atoms with van der Waals surface area (Å²) in [4.78, 5) is 0. The summed E-state index contributed by atoms with van der Waals surface area (Å²) in [5.41, 5.74) is 6.52. The molecule has 0 heterocycles. The van der Waals surface area contributed by atoms with Crippen molar-refractivity contribution in [1.82, 2.24) is 0 Å². The number of alkyl halides is 3. The van der Waals surface area contributed by atoms with Gasteiger partial charge in [0.2, 0.25) is 0 Å².